The molecule has 0 aliphatic carbocycles. The third-order valence-electron chi connectivity index (χ3n) is 4.85. The largest absolute Gasteiger partial charge is 0.497 e. The molecule has 3 aromatic heterocycles. The zero-order chi connectivity index (χ0) is 23.9. The van der Waals surface area contributed by atoms with Gasteiger partial charge in [0.15, 0.2) is 6.04 Å². The van der Waals surface area contributed by atoms with E-state index in [4.69, 9.17) is 15.0 Å². The molecular formula is C21H19F3N5O3S+. The van der Waals surface area contributed by atoms with Crippen LogP contribution >= 0.6 is 11.3 Å². The van der Waals surface area contributed by atoms with Crippen LogP contribution in [0.15, 0.2) is 41.1 Å². The topological polar surface area (TPSA) is 107 Å². The van der Waals surface area contributed by atoms with Gasteiger partial charge in [0, 0.05) is 10.9 Å². The third kappa shape index (κ3) is 4.33. The number of anilines is 2. The quantitative estimate of drug-likeness (QED) is 0.403. The van der Waals surface area contributed by atoms with E-state index in [0.717, 1.165) is 17.4 Å². The highest BCUT2D eigenvalue weighted by Crippen LogP contribution is 2.43. The molecule has 0 fully saturated rings. The molecule has 0 radical (unpaired) electrons. The van der Waals surface area contributed by atoms with Gasteiger partial charge in [0.1, 0.15) is 15.5 Å². The Morgan fingerprint density at radius 2 is 1.97 bits per heavy atom. The maximum absolute atomic E-state index is 13.9. The van der Waals surface area contributed by atoms with Crippen molar-refractivity contribution in [1.29, 1.82) is 0 Å². The van der Waals surface area contributed by atoms with Crippen LogP contribution in [0.3, 0.4) is 0 Å². The predicted molar refractivity (Wildman–Crippen MR) is 116 cm³/mol. The summed E-state index contributed by atoms with van der Waals surface area (Å²) in [5.41, 5.74) is 5.30. The Labute approximate surface area is 189 Å². The zero-order valence-electron chi connectivity index (χ0n) is 17.7. The number of methoxy groups -OCH3 is 1. The molecule has 1 aromatic carbocycles. The van der Waals surface area contributed by atoms with Gasteiger partial charge in [-0.3, -0.25) is 14.6 Å². The first-order valence-corrected chi connectivity index (χ1v) is 10.5. The van der Waals surface area contributed by atoms with Crippen molar-refractivity contribution in [2.24, 2.45) is 0 Å². The second-order valence-corrected chi connectivity index (χ2v) is 8.40. The van der Waals surface area contributed by atoms with Crippen molar-refractivity contribution >= 4 is 39.0 Å². The Morgan fingerprint density at radius 1 is 1.27 bits per heavy atom. The van der Waals surface area contributed by atoms with E-state index in [1.54, 1.807) is 24.3 Å². The molecule has 1 amide bonds. The van der Waals surface area contributed by atoms with Crippen LogP contribution in [0.1, 0.15) is 35.1 Å². The van der Waals surface area contributed by atoms with Crippen LogP contribution in [0, 0.1) is 0 Å². The van der Waals surface area contributed by atoms with Gasteiger partial charge in [-0.2, -0.15) is 13.2 Å². The highest BCUT2D eigenvalue weighted by atomic mass is 32.1. The first-order chi connectivity index (χ1) is 15.6. The summed E-state index contributed by atoms with van der Waals surface area (Å²) in [4.78, 5) is 17.0. The number of carbonyl (C=O) groups excluding carboxylic acids is 1. The minimum atomic E-state index is -4.71. The minimum Gasteiger partial charge on any atom is -0.497 e. The second-order valence-electron chi connectivity index (χ2n) is 7.40. The molecule has 0 bridgehead atoms. The lowest BCUT2D eigenvalue weighted by atomic mass is 10.1. The summed E-state index contributed by atoms with van der Waals surface area (Å²) in [6, 6.07) is 7.37. The number of pyridine rings is 1. The average molecular weight is 478 g/mol. The van der Waals surface area contributed by atoms with Crippen LogP contribution in [0.4, 0.5) is 24.7 Å². The van der Waals surface area contributed by atoms with Crippen molar-refractivity contribution in [2.45, 2.75) is 26.1 Å². The van der Waals surface area contributed by atoms with Crippen molar-refractivity contribution < 1.29 is 31.9 Å². The summed E-state index contributed by atoms with van der Waals surface area (Å²) >= 11 is 0.769. The molecule has 8 nitrogen and oxygen atoms in total. The molecule has 0 saturated heterocycles. The van der Waals surface area contributed by atoms with Gasteiger partial charge in [-0.15, -0.1) is 11.3 Å². The standard InChI is InChI=1S/C21H18F3N5O3S/c1-10(2)29-9-15(32-28-29)27-19(30)18-17(25)16-13(21(22,23)24)8-14(26-20(16)33-18)11-4-6-12(31-3)7-5-11/h4-10H,1-3H3,(H2-,25,27,28,30)/p+1. The molecule has 33 heavy (non-hydrogen) atoms. The average Bonchev–Trinajstić information content (AvgIpc) is 3.37. The fraction of sp³-hybridized carbons (Fsp3) is 0.238. The summed E-state index contributed by atoms with van der Waals surface area (Å²) < 4.78 is 53.4. The third-order valence-corrected chi connectivity index (χ3v) is 5.94. The van der Waals surface area contributed by atoms with E-state index in [1.807, 2.05) is 13.8 Å². The lowest BCUT2D eigenvalue weighted by molar-refractivity contribution is -0.779. The first-order valence-electron chi connectivity index (χ1n) is 9.72. The van der Waals surface area contributed by atoms with Crippen LogP contribution in [-0.4, -0.2) is 23.3 Å². The van der Waals surface area contributed by atoms with Crippen molar-refractivity contribution in [1.82, 2.24) is 10.3 Å². The van der Waals surface area contributed by atoms with E-state index >= 15 is 0 Å². The van der Waals surface area contributed by atoms with E-state index in [0.29, 0.717) is 11.3 Å². The van der Waals surface area contributed by atoms with E-state index in [-0.39, 0.29) is 38.4 Å². The van der Waals surface area contributed by atoms with Crippen LogP contribution in [0.5, 0.6) is 5.75 Å². The minimum absolute atomic E-state index is 0.00638. The fourth-order valence-electron chi connectivity index (χ4n) is 3.15. The molecule has 3 N–H and O–H groups in total. The summed E-state index contributed by atoms with van der Waals surface area (Å²) in [5.74, 6) is -0.128. The van der Waals surface area contributed by atoms with Gasteiger partial charge < -0.3 is 10.5 Å². The van der Waals surface area contributed by atoms with Gasteiger partial charge in [0.05, 0.1) is 24.1 Å². The molecule has 0 aliphatic heterocycles. The SMILES string of the molecule is COc1ccc(-c2cc(C(F)(F)F)c3c(N)c(C(=O)Nc4c[n+](C(C)C)no4)sc3n2)cc1. The number of hydrogen-bond acceptors (Lipinski definition) is 7. The number of nitrogens with one attached hydrogen (secondary N) is 1. The lowest BCUT2D eigenvalue weighted by Gasteiger charge is -2.11. The molecule has 0 saturated carbocycles. The summed E-state index contributed by atoms with van der Waals surface area (Å²) in [6.45, 7) is 3.73. The van der Waals surface area contributed by atoms with Crippen molar-refractivity contribution in [3.63, 3.8) is 0 Å². The number of alkyl halides is 3. The van der Waals surface area contributed by atoms with Gasteiger partial charge in [0.25, 0.3) is 12.1 Å². The Balaban J connectivity index is 1.79. The number of nitrogens with two attached hydrogens (primary N) is 1. The number of hydrogen-bond donors (Lipinski definition) is 2. The number of nitrogens with zero attached hydrogens (tertiary/aromatic N) is 3. The van der Waals surface area contributed by atoms with E-state index < -0.39 is 17.6 Å². The smallest absolute Gasteiger partial charge is 0.417 e. The fourth-order valence-corrected chi connectivity index (χ4v) is 4.16. The normalized spacial score (nSPS) is 11.8. The monoisotopic (exact) mass is 478 g/mol. The summed E-state index contributed by atoms with van der Waals surface area (Å²) in [6.07, 6.45) is -3.24. The van der Waals surface area contributed by atoms with E-state index in [2.05, 4.69) is 15.6 Å². The summed E-state index contributed by atoms with van der Waals surface area (Å²) in [7, 11) is 1.49. The Bertz CT molecular complexity index is 1330. The van der Waals surface area contributed by atoms with Gasteiger partial charge >= 0.3 is 12.1 Å². The van der Waals surface area contributed by atoms with Crippen LogP contribution in [0.25, 0.3) is 21.5 Å². The van der Waals surface area contributed by atoms with Crippen molar-refractivity contribution in [2.75, 3.05) is 18.2 Å². The second kappa shape index (κ2) is 8.35. The lowest BCUT2D eigenvalue weighted by Crippen LogP contribution is -2.36. The van der Waals surface area contributed by atoms with Gasteiger partial charge in [0.2, 0.25) is 5.27 Å². The first kappa shape index (κ1) is 22.5. The molecule has 0 atom stereocenters. The molecule has 172 valence electrons. The number of halogens is 3. The highest BCUT2D eigenvalue weighted by Gasteiger charge is 2.36. The van der Waals surface area contributed by atoms with Gasteiger partial charge in [-0.05, 0) is 48.9 Å². The predicted octanol–water partition coefficient (Wildman–Crippen LogP) is 4.68. The zero-order valence-corrected chi connectivity index (χ0v) is 18.5. The molecule has 0 aliphatic rings. The molecule has 12 heteroatoms. The molecule has 4 rings (SSSR count). The number of benzene rings is 1. The molecule has 4 aromatic rings. The maximum Gasteiger partial charge on any atom is 0.417 e. The number of nitrogen functional groups attached to an aromatic ring is 1. The number of thiophene rings is 1. The van der Waals surface area contributed by atoms with E-state index in [1.165, 1.54) is 18.0 Å². The van der Waals surface area contributed by atoms with Gasteiger partial charge in [-0.1, -0.05) is 0 Å². The van der Waals surface area contributed by atoms with Crippen LogP contribution in [-0.2, 0) is 6.18 Å². The Hall–Kier alpha value is -3.67. The number of ether oxygens (including phenoxy) is 1. The van der Waals surface area contributed by atoms with Crippen LogP contribution < -0.4 is 20.5 Å². The number of amides is 1. The Kier molecular flexibility index (Phi) is 5.70. The maximum atomic E-state index is 13.9. The summed E-state index contributed by atoms with van der Waals surface area (Å²) in [5, 5.41) is 5.92. The van der Waals surface area contributed by atoms with Crippen molar-refractivity contribution in [3.8, 4) is 17.0 Å². The number of carbonyl (C=O) groups is 1. The Morgan fingerprint density at radius 3 is 2.55 bits per heavy atom. The highest BCUT2D eigenvalue weighted by molar-refractivity contribution is 7.21. The van der Waals surface area contributed by atoms with Crippen molar-refractivity contribution in [3.05, 3.63) is 47.0 Å². The number of fused-ring (bicyclic) bond motifs is 1. The van der Waals surface area contributed by atoms with E-state index in [9.17, 15) is 18.0 Å². The number of rotatable bonds is 5. The molecular weight excluding hydrogens is 459 g/mol. The van der Waals surface area contributed by atoms with Crippen LogP contribution in [0.2, 0.25) is 0 Å². The van der Waals surface area contributed by atoms with Gasteiger partial charge in [-0.25, -0.2) is 4.98 Å². The molecule has 0 unspecified atom stereocenters. The number of aromatic nitrogens is 3. The molecule has 3 heterocycles. The molecule has 0 spiro atoms.